The summed E-state index contributed by atoms with van der Waals surface area (Å²) in [4.78, 5) is 22.6. The summed E-state index contributed by atoms with van der Waals surface area (Å²) >= 11 is 0. The van der Waals surface area contributed by atoms with Gasteiger partial charge in [0.1, 0.15) is 0 Å². The van der Waals surface area contributed by atoms with Gasteiger partial charge < -0.3 is 9.84 Å². The molecule has 0 saturated carbocycles. The Hall–Kier alpha value is -2.89. The monoisotopic (exact) mass is 301 g/mol. The highest BCUT2D eigenvalue weighted by Crippen LogP contribution is 2.37. The van der Waals surface area contributed by atoms with Crippen molar-refractivity contribution in [3.63, 3.8) is 0 Å². The fraction of sp³-hybridized carbons (Fsp3) is 0.188. The summed E-state index contributed by atoms with van der Waals surface area (Å²) in [6.45, 7) is 1.89. The molecule has 2 rings (SSSR count). The minimum atomic E-state index is -0.748. The summed E-state index contributed by atoms with van der Waals surface area (Å²) in [5, 5.41) is 20.7. The SMILES string of the molecule is COc1cc(C(=O)Cc2ccccc2C)cc([N+](=O)[O-])c1O. The highest BCUT2D eigenvalue weighted by Gasteiger charge is 2.22. The predicted molar refractivity (Wildman–Crippen MR) is 80.5 cm³/mol. The molecule has 0 atom stereocenters. The van der Waals surface area contributed by atoms with Crippen LogP contribution in [0.2, 0.25) is 0 Å². The quantitative estimate of drug-likeness (QED) is 0.521. The highest BCUT2D eigenvalue weighted by molar-refractivity contribution is 5.99. The van der Waals surface area contributed by atoms with Gasteiger partial charge in [-0.05, 0) is 24.1 Å². The predicted octanol–water partition coefficient (Wildman–Crippen LogP) is 3.04. The summed E-state index contributed by atoms with van der Waals surface area (Å²) in [5.74, 6) is -0.960. The molecule has 1 N–H and O–H groups in total. The van der Waals surface area contributed by atoms with Crippen LogP contribution in [-0.4, -0.2) is 22.9 Å². The average Bonchev–Trinajstić information content (AvgIpc) is 2.49. The molecule has 0 aliphatic carbocycles. The van der Waals surface area contributed by atoms with Crippen LogP contribution in [0.4, 0.5) is 5.69 Å². The van der Waals surface area contributed by atoms with Crippen molar-refractivity contribution in [1.82, 2.24) is 0 Å². The molecule has 0 aromatic heterocycles. The highest BCUT2D eigenvalue weighted by atomic mass is 16.6. The fourth-order valence-electron chi connectivity index (χ4n) is 2.13. The van der Waals surface area contributed by atoms with Crippen LogP contribution >= 0.6 is 0 Å². The number of methoxy groups -OCH3 is 1. The van der Waals surface area contributed by atoms with Crippen LogP contribution in [0.5, 0.6) is 11.5 Å². The van der Waals surface area contributed by atoms with Gasteiger partial charge in [0, 0.05) is 18.1 Å². The number of hydrogen-bond acceptors (Lipinski definition) is 5. The summed E-state index contributed by atoms with van der Waals surface area (Å²) in [5.41, 5.74) is 1.40. The lowest BCUT2D eigenvalue weighted by atomic mass is 9.99. The van der Waals surface area contributed by atoms with Gasteiger partial charge in [0.2, 0.25) is 5.75 Å². The second kappa shape index (κ2) is 6.26. The van der Waals surface area contributed by atoms with E-state index >= 15 is 0 Å². The van der Waals surface area contributed by atoms with Gasteiger partial charge in [-0.15, -0.1) is 0 Å². The molecule has 22 heavy (non-hydrogen) atoms. The zero-order valence-corrected chi connectivity index (χ0v) is 12.2. The molecule has 0 heterocycles. The van der Waals surface area contributed by atoms with Gasteiger partial charge in [-0.3, -0.25) is 14.9 Å². The lowest BCUT2D eigenvalue weighted by molar-refractivity contribution is -0.386. The first-order chi connectivity index (χ1) is 10.4. The van der Waals surface area contributed by atoms with Crippen LogP contribution in [0.15, 0.2) is 36.4 Å². The van der Waals surface area contributed by atoms with Crippen molar-refractivity contribution in [2.24, 2.45) is 0 Å². The minimum absolute atomic E-state index is 0.0951. The molecule has 0 radical (unpaired) electrons. The number of carbonyl (C=O) groups is 1. The molecule has 2 aromatic carbocycles. The number of aromatic hydroxyl groups is 1. The Kier molecular flexibility index (Phi) is 4.41. The summed E-state index contributed by atoms with van der Waals surface area (Å²) in [6.07, 6.45) is 0.123. The van der Waals surface area contributed by atoms with Crippen molar-refractivity contribution in [3.05, 3.63) is 63.2 Å². The smallest absolute Gasteiger partial charge is 0.315 e. The van der Waals surface area contributed by atoms with Crippen LogP contribution in [-0.2, 0) is 6.42 Å². The molecule has 6 nitrogen and oxygen atoms in total. The molecular formula is C16H15NO5. The number of ether oxygens (including phenoxy) is 1. The van der Waals surface area contributed by atoms with E-state index in [2.05, 4.69) is 0 Å². The number of nitro benzene ring substituents is 1. The number of phenolic OH excluding ortho intramolecular Hbond substituents is 1. The molecule has 0 aliphatic rings. The molecule has 0 spiro atoms. The molecule has 0 amide bonds. The zero-order chi connectivity index (χ0) is 16.3. The molecule has 114 valence electrons. The molecular weight excluding hydrogens is 286 g/mol. The number of nitrogens with zero attached hydrogens (tertiary/aromatic N) is 1. The van der Waals surface area contributed by atoms with Gasteiger partial charge >= 0.3 is 5.69 Å². The van der Waals surface area contributed by atoms with Gasteiger partial charge in [0.05, 0.1) is 12.0 Å². The van der Waals surface area contributed by atoms with Gasteiger partial charge in [0.25, 0.3) is 0 Å². The summed E-state index contributed by atoms with van der Waals surface area (Å²) in [7, 11) is 1.27. The average molecular weight is 301 g/mol. The van der Waals surface area contributed by atoms with E-state index in [9.17, 15) is 20.0 Å². The van der Waals surface area contributed by atoms with E-state index in [-0.39, 0.29) is 23.5 Å². The summed E-state index contributed by atoms with van der Waals surface area (Å²) in [6, 6.07) is 9.80. The number of phenols is 1. The normalized spacial score (nSPS) is 10.3. The Morgan fingerprint density at radius 3 is 2.59 bits per heavy atom. The number of carbonyl (C=O) groups excluding carboxylic acids is 1. The van der Waals surface area contributed by atoms with Crippen LogP contribution in [0.1, 0.15) is 21.5 Å². The number of ketones is 1. The van der Waals surface area contributed by atoms with Crippen molar-refractivity contribution in [3.8, 4) is 11.5 Å². The van der Waals surface area contributed by atoms with Gasteiger partial charge in [-0.2, -0.15) is 0 Å². The number of nitro groups is 1. The number of Topliss-reactive ketones (excluding diaryl/α,β-unsaturated/α-hetero) is 1. The number of aryl methyl sites for hydroxylation is 1. The Labute approximate surface area is 127 Å². The standard InChI is InChI=1S/C16H15NO5/c1-10-5-3-4-6-11(10)8-14(18)12-7-13(17(20)21)16(19)15(9-12)22-2/h3-7,9,19H,8H2,1-2H3. The van der Waals surface area contributed by atoms with Gasteiger partial charge in [0.15, 0.2) is 11.5 Å². The first-order valence-electron chi connectivity index (χ1n) is 6.57. The third kappa shape index (κ3) is 3.06. The Morgan fingerprint density at radius 2 is 2.00 bits per heavy atom. The maximum absolute atomic E-state index is 12.4. The van der Waals surface area contributed by atoms with Gasteiger partial charge in [-0.1, -0.05) is 24.3 Å². The number of rotatable bonds is 5. The summed E-state index contributed by atoms with van der Waals surface area (Å²) < 4.78 is 4.89. The van der Waals surface area contributed by atoms with E-state index in [1.54, 1.807) is 0 Å². The van der Waals surface area contributed by atoms with Crippen molar-refractivity contribution in [2.45, 2.75) is 13.3 Å². The van der Waals surface area contributed by atoms with Crippen molar-refractivity contribution < 1.29 is 19.6 Å². The van der Waals surface area contributed by atoms with E-state index in [1.165, 1.54) is 13.2 Å². The molecule has 0 unspecified atom stereocenters. The fourth-order valence-corrected chi connectivity index (χ4v) is 2.13. The third-order valence-corrected chi connectivity index (χ3v) is 3.41. The topological polar surface area (TPSA) is 89.7 Å². The van der Waals surface area contributed by atoms with Crippen LogP contribution in [0.25, 0.3) is 0 Å². The molecule has 0 bridgehead atoms. The molecule has 2 aromatic rings. The number of hydrogen-bond donors (Lipinski definition) is 1. The number of benzene rings is 2. The first-order valence-corrected chi connectivity index (χ1v) is 6.57. The van der Waals surface area contributed by atoms with E-state index in [4.69, 9.17) is 4.74 Å². The van der Waals surface area contributed by atoms with E-state index in [1.807, 2.05) is 31.2 Å². The second-order valence-electron chi connectivity index (χ2n) is 4.83. The van der Waals surface area contributed by atoms with E-state index in [0.29, 0.717) is 0 Å². The molecule has 0 aliphatic heterocycles. The van der Waals surface area contributed by atoms with Crippen LogP contribution in [0.3, 0.4) is 0 Å². The van der Waals surface area contributed by atoms with Gasteiger partial charge in [-0.25, -0.2) is 0 Å². The second-order valence-corrected chi connectivity index (χ2v) is 4.83. The van der Waals surface area contributed by atoms with E-state index in [0.717, 1.165) is 17.2 Å². The molecule has 0 saturated heterocycles. The molecule has 6 heteroatoms. The zero-order valence-electron chi connectivity index (χ0n) is 12.2. The lowest BCUT2D eigenvalue weighted by Gasteiger charge is -2.08. The molecule has 0 fully saturated rings. The van der Waals surface area contributed by atoms with Crippen LogP contribution in [0, 0.1) is 17.0 Å². The Morgan fingerprint density at radius 1 is 1.32 bits per heavy atom. The van der Waals surface area contributed by atoms with Crippen LogP contribution < -0.4 is 4.74 Å². The first kappa shape index (κ1) is 15.5. The van der Waals surface area contributed by atoms with Crippen molar-refractivity contribution >= 4 is 11.5 Å². The van der Waals surface area contributed by atoms with Crippen molar-refractivity contribution in [1.29, 1.82) is 0 Å². The maximum atomic E-state index is 12.4. The minimum Gasteiger partial charge on any atom is -0.500 e. The van der Waals surface area contributed by atoms with Crippen molar-refractivity contribution in [2.75, 3.05) is 7.11 Å². The lowest BCUT2D eigenvalue weighted by Crippen LogP contribution is -2.06. The van der Waals surface area contributed by atoms with E-state index < -0.39 is 16.4 Å². The maximum Gasteiger partial charge on any atom is 0.315 e. The Balaban J connectivity index is 2.40. The Bertz CT molecular complexity index is 739. The largest absolute Gasteiger partial charge is 0.500 e. The third-order valence-electron chi connectivity index (χ3n) is 3.41.